The second-order valence-corrected chi connectivity index (χ2v) is 10.8. The summed E-state index contributed by atoms with van der Waals surface area (Å²) in [6.45, 7) is 14.5. The van der Waals surface area contributed by atoms with Gasteiger partial charge in [0.2, 0.25) is 5.91 Å². The molecule has 0 aliphatic heterocycles. The van der Waals surface area contributed by atoms with Crippen molar-refractivity contribution in [2.45, 2.75) is 97.9 Å². The van der Waals surface area contributed by atoms with E-state index in [1.807, 2.05) is 0 Å². The van der Waals surface area contributed by atoms with Crippen molar-refractivity contribution in [3.05, 3.63) is 46.7 Å². The summed E-state index contributed by atoms with van der Waals surface area (Å²) in [6.07, 6.45) is 8.65. The molecule has 0 radical (unpaired) electrons. The Morgan fingerprint density at radius 2 is 1.67 bits per heavy atom. The van der Waals surface area contributed by atoms with Gasteiger partial charge in [-0.1, -0.05) is 76.3 Å². The molecule has 2 amide bonds. The van der Waals surface area contributed by atoms with Gasteiger partial charge in [-0.25, -0.2) is 0 Å². The van der Waals surface area contributed by atoms with E-state index in [-0.39, 0.29) is 11.3 Å². The molecule has 1 aromatic rings. The number of likely N-dealkylation sites (N-methyl/N-ethyl adjacent to an activating group) is 1. The number of aliphatic hydroxyl groups is 1. The van der Waals surface area contributed by atoms with Crippen molar-refractivity contribution >= 4 is 11.8 Å². The predicted molar refractivity (Wildman–Crippen MR) is 150 cm³/mol. The monoisotopic (exact) mass is 501 g/mol. The third-order valence-corrected chi connectivity index (χ3v) is 7.38. The van der Waals surface area contributed by atoms with Gasteiger partial charge in [0.05, 0.1) is 0 Å². The van der Waals surface area contributed by atoms with Gasteiger partial charge in [0, 0.05) is 27.2 Å². The zero-order valence-corrected chi connectivity index (χ0v) is 24.1. The number of amides is 2. The van der Waals surface area contributed by atoms with E-state index in [2.05, 4.69) is 64.6 Å². The van der Waals surface area contributed by atoms with E-state index >= 15 is 0 Å². The van der Waals surface area contributed by atoms with Gasteiger partial charge >= 0.3 is 0 Å². The Morgan fingerprint density at radius 1 is 1.06 bits per heavy atom. The number of hydrogen-bond donors (Lipinski definition) is 2. The van der Waals surface area contributed by atoms with Gasteiger partial charge in [-0.05, 0) is 62.5 Å². The van der Waals surface area contributed by atoms with Crippen molar-refractivity contribution in [2.24, 2.45) is 11.7 Å². The van der Waals surface area contributed by atoms with Crippen LogP contribution >= 0.6 is 0 Å². The van der Waals surface area contributed by atoms with E-state index in [1.54, 1.807) is 14.1 Å². The van der Waals surface area contributed by atoms with Crippen molar-refractivity contribution in [3.63, 3.8) is 0 Å². The average molecular weight is 502 g/mol. The van der Waals surface area contributed by atoms with E-state index in [4.69, 9.17) is 5.73 Å². The quantitative estimate of drug-likeness (QED) is 0.226. The second kappa shape index (κ2) is 15.0. The van der Waals surface area contributed by atoms with Crippen LogP contribution in [0, 0.1) is 19.8 Å². The first kappa shape index (κ1) is 31.7. The van der Waals surface area contributed by atoms with Gasteiger partial charge < -0.3 is 15.7 Å². The highest BCUT2D eigenvalue weighted by atomic mass is 16.3. The van der Waals surface area contributed by atoms with Crippen molar-refractivity contribution in [3.8, 4) is 0 Å². The van der Waals surface area contributed by atoms with Crippen LogP contribution in [0.25, 0.3) is 0 Å². The lowest BCUT2D eigenvalue weighted by Gasteiger charge is -2.39. The van der Waals surface area contributed by atoms with Crippen LogP contribution in [0.4, 0.5) is 0 Å². The van der Waals surface area contributed by atoms with Crippen LogP contribution in [-0.2, 0) is 15.0 Å². The topological polar surface area (TPSA) is 86.9 Å². The standard InChI is InChI=1S/C30H51N3O3/c1-9-12-14-30(11-3,25-18-23(5)17-24(6)19-25)15-16-33(21-22(4)13-10-2)26(29(36)32(7)8)20-27(34)28(31)35/h17-20,22,26,34H,9-16,21H2,1-8H3,(H2,31,35)/b27-20-. The summed E-state index contributed by atoms with van der Waals surface area (Å²) >= 11 is 0. The smallest absolute Gasteiger partial charge is 0.283 e. The number of hydrogen-bond acceptors (Lipinski definition) is 4. The Hall–Kier alpha value is -2.34. The minimum Gasteiger partial charge on any atom is -0.503 e. The molecule has 0 aliphatic rings. The molecule has 3 atom stereocenters. The molecule has 0 saturated carbocycles. The lowest BCUT2D eigenvalue weighted by molar-refractivity contribution is -0.133. The summed E-state index contributed by atoms with van der Waals surface area (Å²) in [5.74, 6) is -1.29. The van der Waals surface area contributed by atoms with Crippen LogP contribution in [0.2, 0.25) is 0 Å². The molecule has 3 N–H and O–H groups in total. The maximum Gasteiger partial charge on any atom is 0.283 e. The number of nitrogens with zero attached hydrogens (tertiary/aromatic N) is 2. The van der Waals surface area contributed by atoms with Gasteiger partial charge in [-0.15, -0.1) is 0 Å². The molecule has 0 fully saturated rings. The minimum atomic E-state index is -0.922. The number of benzene rings is 1. The van der Waals surface area contributed by atoms with E-state index in [1.165, 1.54) is 27.7 Å². The Labute approximate surface area is 219 Å². The van der Waals surface area contributed by atoms with E-state index in [0.717, 1.165) is 44.9 Å². The van der Waals surface area contributed by atoms with E-state index in [0.29, 0.717) is 19.0 Å². The van der Waals surface area contributed by atoms with Gasteiger partial charge in [0.1, 0.15) is 6.04 Å². The van der Waals surface area contributed by atoms with Gasteiger partial charge in [-0.3, -0.25) is 14.5 Å². The zero-order chi connectivity index (χ0) is 27.5. The Bertz CT molecular complexity index is 860. The fraction of sp³-hybridized carbons (Fsp3) is 0.667. The SMILES string of the molecule is CCCCC(CC)(CCN(CC(C)CCC)C(/C=C(\O)C(N)=O)C(=O)N(C)C)c1cc(C)cc(C)c1. The molecule has 0 heterocycles. The molecule has 0 bridgehead atoms. The molecule has 0 aliphatic carbocycles. The number of aliphatic hydroxyl groups excluding tert-OH is 1. The highest BCUT2D eigenvalue weighted by Crippen LogP contribution is 2.38. The summed E-state index contributed by atoms with van der Waals surface area (Å²) in [6, 6.07) is 6.09. The van der Waals surface area contributed by atoms with Crippen LogP contribution in [0.15, 0.2) is 30.0 Å². The number of carbonyl (C=O) groups excluding carboxylic acids is 2. The van der Waals surface area contributed by atoms with Crippen LogP contribution in [0.1, 0.15) is 89.3 Å². The summed E-state index contributed by atoms with van der Waals surface area (Å²) in [5.41, 5.74) is 9.22. The number of primary amides is 1. The van der Waals surface area contributed by atoms with Gasteiger partial charge in [0.15, 0.2) is 5.76 Å². The highest BCUT2D eigenvalue weighted by molar-refractivity contribution is 5.91. The maximum absolute atomic E-state index is 13.3. The molecule has 6 nitrogen and oxygen atoms in total. The first-order chi connectivity index (χ1) is 16.9. The minimum absolute atomic E-state index is 0.0137. The average Bonchev–Trinajstić information content (AvgIpc) is 2.81. The molecular weight excluding hydrogens is 450 g/mol. The maximum atomic E-state index is 13.3. The third kappa shape index (κ3) is 9.27. The van der Waals surface area contributed by atoms with E-state index in [9.17, 15) is 14.7 Å². The summed E-state index contributed by atoms with van der Waals surface area (Å²) in [7, 11) is 3.40. The molecule has 204 valence electrons. The Kier molecular flexibility index (Phi) is 13.2. The number of aryl methyl sites for hydroxylation is 2. The van der Waals surface area contributed by atoms with Crippen molar-refractivity contribution in [1.82, 2.24) is 9.80 Å². The van der Waals surface area contributed by atoms with E-state index < -0.39 is 17.7 Å². The van der Waals surface area contributed by atoms with Crippen molar-refractivity contribution < 1.29 is 14.7 Å². The normalized spacial score (nSPS) is 15.4. The van der Waals surface area contributed by atoms with Gasteiger partial charge in [-0.2, -0.15) is 0 Å². The molecule has 6 heteroatoms. The lowest BCUT2D eigenvalue weighted by Crippen LogP contribution is -2.49. The molecule has 1 rings (SSSR count). The van der Waals surface area contributed by atoms with Gasteiger partial charge in [0.25, 0.3) is 5.91 Å². The van der Waals surface area contributed by atoms with Crippen LogP contribution in [0.5, 0.6) is 0 Å². The Balaban J connectivity index is 3.51. The zero-order valence-electron chi connectivity index (χ0n) is 24.1. The van der Waals surface area contributed by atoms with Crippen LogP contribution in [-0.4, -0.2) is 59.9 Å². The summed E-state index contributed by atoms with van der Waals surface area (Å²) < 4.78 is 0. The highest BCUT2D eigenvalue weighted by Gasteiger charge is 2.34. The first-order valence-electron chi connectivity index (χ1n) is 13.6. The number of rotatable bonds is 16. The summed E-state index contributed by atoms with van der Waals surface area (Å²) in [4.78, 5) is 28.6. The molecule has 0 spiro atoms. The molecular formula is C30H51N3O3. The number of carbonyl (C=O) groups is 2. The lowest BCUT2D eigenvalue weighted by atomic mass is 9.71. The van der Waals surface area contributed by atoms with Crippen LogP contribution < -0.4 is 5.73 Å². The van der Waals surface area contributed by atoms with Crippen molar-refractivity contribution in [1.29, 1.82) is 0 Å². The number of unbranched alkanes of at least 4 members (excludes halogenated alkanes) is 1. The second-order valence-electron chi connectivity index (χ2n) is 10.8. The fourth-order valence-electron chi connectivity index (χ4n) is 5.28. The molecule has 3 unspecified atom stereocenters. The fourth-order valence-corrected chi connectivity index (χ4v) is 5.28. The Morgan fingerprint density at radius 3 is 2.14 bits per heavy atom. The largest absolute Gasteiger partial charge is 0.503 e. The summed E-state index contributed by atoms with van der Waals surface area (Å²) in [5, 5.41) is 10.2. The number of nitrogens with two attached hydrogens (primary N) is 1. The molecule has 0 aromatic heterocycles. The third-order valence-electron chi connectivity index (χ3n) is 7.38. The van der Waals surface area contributed by atoms with Crippen molar-refractivity contribution in [2.75, 3.05) is 27.2 Å². The molecule has 1 aromatic carbocycles. The first-order valence-corrected chi connectivity index (χ1v) is 13.6. The predicted octanol–water partition coefficient (Wildman–Crippen LogP) is 5.65. The van der Waals surface area contributed by atoms with Crippen LogP contribution in [0.3, 0.4) is 0 Å². The molecule has 0 saturated heterocycles. The molecule has 36 heavy (non-hydrogen) atoms.